The van der Waals surface area contributed by atoms with Crippen LogP contribution in [0.1, 0.15) is 0 Å². The largest absolute Gasteiger partial charge is 0.341 e. The zero-order valence-corrected chi connectivity index (χ0v) is 6.11. The molecule has 0 aromatic heterocycles. The van der Waals surface area contributed by atoms with Gasteiger partial charge in [0.1, 0.15) is 0 Å². The average molecular weight is 140 g/mol. The molecule has 0 spiro atoms. The molecule has 0 saturated carbocycles. The molecule has 0 aromatic rings. The highest BCUT2D eigenvalue weighted by Gasteiger charge is 1.93. The number of amides is 2. The fourth-order valence-electron chi connectivity index (χ4n) is 0.354. The predicted octanol–water partition coefficient (Wildman–Crippen LogP) is 0.658. The SMILES string of the molecule is C=CC(=C)CNC(=O)NC. The van der Waals surface area contributed by atoms with Gasteiger partial charge < -0.3 is 10.6 Å². The van der Waals surface area contributed by atoms with Crippen LogP contribution in [0.5, 0.6) is 0 Å². The molecule has 2 N–H and O–H groups in total. The van der Waals surface area contributed by atoms with Gasteiger partial charge in [-0.1, -0.05) is 19.2 Å². The number of nitrogens with one attached hydrogen (secondary N) is 2. The van der Waals surface area contributed by atoms with Gasteiger partial charge in [-0.15, -0.1) is 0 Å². The zero-order chi connectivity index (χ0) is 7.98. The predicted molar refractivity (Wildman–Crippen MR) is 41.8 cm³/mol. The van der Waals surface area contributed by atoms with Crippen molar-refractivity contribution >= 4 is 6.03 Å². The Kier molecular flexibility index (Phi) is 4.04. The van der Waals surface area contributed by atoms with Crippen molar-refractivity contribution < 1.29 is 4.79 Å². The number of carbonyl (C=O) groups excluding carboxylic acids is 1. The Balaban J connectivity index is 3.44. The molecule has 0 fully saturated rings. The maximum absolute atomic E-state index is 10.5. The molecule has 0 atom stereocenters. The Hall–Kier alpha value is -1.25. The van der Waals surface area contributed by atoms with Gasteiger partial charge in [0.05, 0.1) is 0 Å². The Morgan fingerprint density at radius 3 is 2.70 bits per heavy atom. The monoisotopic (exact) mass is 140 g/mol. The fourth-order valence-corrected chi connectivity index (χ4v) is 0.354. The van der Waals surface area contributed by atoms with E-state index in [2.05, 4.69) is 23.8 Å². The van der Waals surface area contributed by atoms with Crippen LogP contribution in [-0.2, 0) is 0 Å². The van der Waals surface area contributed by atoms with Crippen LogP contribution in [0.4, 0.5) is 4.79 Å². The highest BCUT2D eigenvalue weighted by Crippen LogP contribution is 1.85. The summed E-state index contributed by atoms with van der Waals surface area (Å²) in [6.45, 7) is 7.56. The summed E-state index contributed by atoms with van der Waals surface area (Å²) in [6, 6.07) is -0.206. The lowest BCUT2D eigenvalue weighted by Crippen LogP contribution is -2.33. The van der Waals surface area contributed by atoms with Crippen LogP contribution < -0.4 is 10.6 Å². The van der Waals surface area contributed by atoms with Crippen molar-refractivity contribution in [3.8, 4) is 0 Å². The quantitative estimate of drug-likeness (QED) is 0.555. The summed E-state index contributed by atoms with van der Waals surface area (Å²) in [5, 5.41) is 4.98. The Morgan fingerprint density at radius 2 is 2.30 bits per heavy atom. The molecule has 0 saturated heterocycles. The lowest BCUT2D eigenvalue weighted by atomic mass is 10.3. The summed E-state index contributed by atoms with van der Waals surface area (Å²) in [6.07, 6.45) is 1.61. The molecule has 0 aliphatic rings. The molecule has 0 heterocycles. The number of carbonyl (C=O) groups is 1. The minimum atomic E-state index is -0.206. The van der Waals surface area contributed by atoms with Gasteiger partial charge in [-0.05, 0) is 5.57 Å². The summed E-state index contributed by atoms with van der Waals surface area (Å²) >= 11 is 0. The smallest absolute Gasteiger partial charge is 0.314 e. The molecular weight excluding hydrogens is 128 g/mol. The second-order valence-corrected chi connectivity index (χ2v) is 1.80. The van der Waals surface area contributed by atoms with Gasteiger partial charge in [-0.25, -0.2) is 4.79 Å². The van der Waals surface area contributed by atoms with Gasteiger partial charge in [0.2, 0.25) is 0 Å². The van der Waals surface area contributed by atoms with Crippen LogP contribution in [0.25, 0.3) is 0 Å². The third kappa shape index (κ3) is 3.72. The van der Waals surface area contributed by atoms with Crippen LogP contribution in [0.15, 0.2) is 24.8 Å². The molecule has 0 aliphatic carbocycles. The second kappa shape index (κ2) is 4.61. The highest BCUT2D eigenvalue weighted by molar-refractivity contribution is 5.73. The first kappa shape index (κ1) is 8.75. The summed E-state index contributed by atoms with van der Waals surface area (Å²) in [5.41, 5.74) is 0.795. The fraction of sp³-hybridized carbons (Fsp3) is 0.286. The normalized spacial score (nSPS) is 8.10. The van der Waals surface area contributed by atoms with Gasteiger partial charge in [0.25, 0.3) is 0 Å². The molecule has 10 heavy (non-hydrogen) atoms. The molecule has 0 bridgehead atoms. The van der Waals surface area contributed by atoms with Gasteiger partial charge in [0.15, 0.2) is 0 Å². The lowest BCUT2D eigenvalue weighted by molar-refractivity contribution is 0.244. The van der Waals surface area contributed by atoms with E-state index in [-0.39, 0.29) is 6.03 Å². The van der Waals surface area contributed by atoms with Crippen molar-refractivity contribution in [2.24, 2.45) is 0 Å². The Morgan fingerprint density at radius 1 is 1.70 bits per heavy atom. The number of urea groups is 1. The number of hydrogen-bond donors (Lipinski definition) is 2. The van der Waals surface area contributed by atoms with E-state index in [0.29, 0.717) is 6.54 Å². The molecule has 3 heteroatoms. The van der Waals surface area contributed by atoms with Crippen LogP contribution in [0, 0.1) is 0 Å². The maximum atomic E-state index is 10.5. The van der Waals surface area contributed by atoms with Gasteiger partial charge in [-0.2, -0.15) is 0 Å². The van der Waals surface area contributed by atoms with Gasteiger partial charge in [-0.3, -0.25) is 0 Å². The first-order valence-corrected chi connectivity index (χ1v) is 2.96. The molecule has 0 aromatic carbocycles. The molecular formula is C7H12N2O. The Bertz CT molecular complexity index is 152. The summed E-state index contributed by atoms with van der Waals surface area (Å²) in [4.78, 5) is 10.5. The van der Waals surface area contributed by atoms with E-state index in [0.717, 1.165) is 5.57 Å². The van der Waals surface area contributed by atoms with E-state index in [4.69, 9.17) is 0 Å². The van der Waals surface area contributed by atoms with Crippen molar-refractivity contribution in [1.82, 2.24) is 10.6 Å². The standard InChI is InChI=1S/C7H12N2O/c1-4-6(2)5-9-7(10)8-3/h4H,1-2,5H2,3H3,(H2,8,9,10). The van der Waals surface area contributed by atoms with E-state index >= 15 is 0 Å². The van der Waals surface area contributed by atoms with Crippen molar-refractivity contribution in [3.63, 3.8) is 0 Å². The van der Waals surface area contributed by atoms with Crippen molar-refractivity contribution in [1.29, 1.82) is 0 Å². The zero-order valence-electron chi connectivity index (χ0n) is 6.11. The molecule has 0 radical (unpaired) electrons. The molecule has 3 nitrogen and oxygen atoms in total. The second-order valence-electron chi connectivity index (χ2n) is 1.80. The highest BCUT2D eigenvalue weighted by atomic mass is 16.2. The van der Waals surface area contributed by atoms with Gasteiger partial charge in [0, 0.05) is 13.6 Å². The molecule has 0 rings (SSSR count). The first-order valence-electron chi connectivity index (χ1n) is 2.96. The van der Waals surface area contributed by atoms with E-state index in [1.54, 1.807) is 13.1 Å². The van der Waals surface area contributed by atoms with E-state index < -0.39 is 0 Å². The lowest BCUT2D eigenvalue weighted by Gasteiger charge is -2.02. The molecule has 0 aliphatic heterocycles. The van der Waals surface area contributed by atoms with E-state index in [1.165, 1.54) is 0 Å². The number of hydrogen-bond acceptors (Lipinski definition) is 1. The third-order valence-electron chi connectivity index (χ3n) is 0.992. The van der Waals surface area contributed by atoms with E-state index in [9.17, 15) is 4.79 Å². The van der Waals surface area contributed by atoms with Crippen molar-refractivity contribution in [3.05, 3.63) is 24.8 Å². The first-order chi connectivity index (χ1) is 4.70. The summed E-state index contributed by atoms with van der Waals surface area (Å²) in [7, 11) is 1.56. The van der Waals surface area contributed by atoms with Crippen LogP contribution in [-0.4, -0.2) is 19.6 Å². The minimum Gasteiger partial charge on any atom is -0.341 e. The van der Waals surface area contributed by atoms with Crippen molar-refractivity contribution in [2.45, 2.75) is 0 Å². The maximum Gasteiger partial charge on any atom is 0.314 e. The number of rotatable bonds is 3. The Labute approximate surface area is 60.8 Å². The summed E-state index contributed by atoms with van der Waals surface area (Å²) < 4.78 is 0. The average Bonchev–Trinajstić information content (AvgIpc) is 1.99. The van der Waals surface area contributed by atoms with Crippen LogP contribution >= 0.6 is 0 Å². The van der Waals surface area contributed by atoms with Crippen LogP contribution in [0.3, 0.4) is 0 Å². The van der Waals surface area contributed by atoms with Crippen LogP contribution in [0.2, 0.25) is 0 Å². The summed E-state index contributed by atoms with van der Waals surface area (Å²) in [5.74, 6) is 0. The van der Waals surface area contributed by atoms with E-state index in [1.807, 2.05) is 0 Å². The van der Waals surface area contributed by atoms with Gasteiger partial charge >= 0.3 is 6.03 Å². The van der Waals surface area contributed by atoms with Crippen molar-refractivity contribution in [2.75, 3.05) is 13.6 Å². The topological polar surface area (TPSA) is 41.1 Å². The third-order valence-corrected chi connectivity index (χ3v) is 0.992. The molecule has 2 amide bonds. The molecule has 0 unspecified atom stereocenters. The minimum absolute atomic E-state index is 0.206. The molecule has 56 valence electrons.